The number of carbonyl (C=O) groups excluding carboxylic acids is 1. The lowest BCUT2D eigenvalue weighted by Gasteiger charge is -2.20. The molecule has 0 fully saturated rings. The molecule has 27 heavy (non-hydrogen) atoms. The van der Waals surface area contributed by atoms with Crippen molar-refractivity contribution >= 4 is 55.7 Å². The molecule has 0 saturated heterocycles. The number of hydrogen-bond donors (Lipinski definition) is 1. The predicted octanol–water partition coefficient (Wildman–Crippen LogP) is 3.52. The van der Waals surface area contributed by atoms with Crippen LogP contribution < -0.4 is 4.74 Å². The summed E-state index contributed by atoms with van der Waals surface area (Å²) < 4.78 is 5.97. The number of nitrogens with zero attached hydrogens (tertiary/aromatic N) is 4. The standard InChI is InChI=1S/C18H12BrN5O2S/c1-26-14-5-4-10(8-13(14)19)7-12-15(20)24-18(22-16(12)25)27-17(23-24)11-3-2-6-21-9-11/h2-9,20H,1H3/b12-7-,20-15?. The van der Waals surface area contributed by atoms with Crippen molar-refractivity contribution in [3.05, 3.63) is 63.9 Å². The van der Waals surface area contributed by atoms with Gasteiger partial charge in [0.2, 0.25) is 5.17 Å². The first-order valence-corrected chi connectivity index (χ1v) is 9.42. The fourth-order valence-electron chi connectivity index (χ4n) is 2.54. The van der Waals surface area contributed by atoms with Crippen LogP contribution in [0, 0.1) is 5.41 Å². The van der Waals surface area contributed by atoms with E-state index in [9.17, 15) is 4.79 Å². The monoisotopic (exact) mass is 441 g/mol. The van der Waals surface area contributed by atoms with E-state index in [1.807, 2.05) is 12.1 Å². The summed E-state index contributed by atoms with van der Waals surface area (Å²) in [5.74, 6) is 0.209. The number of pyridine rings is 1. The first-order valence-electron chi connectivity index (χ1n) is 7.81. The van der Waals surface area contributed by atoms with Gasteiger partial charge in [-0.15, -0.1) is 0 Å². The molecule has 4 rings (SSSR count). The Labute approximate surface area is 167 Å². The minimum atomic E-state index is -0.465. The number of fused-ring (bicyclic) bond motifs is 1. The summed E-state index contributed by atoms with van der Waals surface area (Å²) in [6.07, 6.45) is 4.98. The molecule has 1 aromatic heterocycles. The largest absolute Gasteiger partial charge is 0.496 e. The fourth-order valence-corrected chi connectivity index (χ4v) is 3.98. The van der Waals surface area contributed by atoms with Crippen LogP contribution in [0.4, 0.5) is 0 Å². The molecule has 2 aliphatic rings. The van der Waals surface area contributed by atoms with Crippen molar-refractivity contribution in [2.24, 2.45) is 10.1 Å². The Morgan fingerprint density at radius 1 is 1.33 bits per heavy atom. The Hall–Kier alpha value is -2.78. The van der Waals surface area contributed by atoms with Crippen LogP contribution in [-0.4, -0.2) is 39.1 Å². The number of thioether (sulfide) groups is 1. The van der Waals surface area contributed by atoms with Gasteiger partial charge >= 0.3 is 0 Å². The van der Waals surface area contributed by atoms with Crippen molar-refractivity contribution in [2.45, 2.75) is 0 Å². The molecule has 2 aliphatic heterocycles. The van der Waals surface area contributed by atoms with Crippen LogP contribution in [-0.2, 0) is 4.79 Å². The fraction of sp³-hybridized carbons (Fsp3) is 0.0556. The summed E-state index contributed by atoms with van der Waals surface area (Å²) in [5, 5.41) is 15.2. The lowest BCUT2D eigenvalue weighted by atomic mass is 10.1. The SMILES string of the molecule is COc1ccc(/C=C2/C(=N)N3N=C(c4cccnc4)SC3=NC2=O)cc1Br. The van der Waals surface area contributed by atoms with E-state index in [2.05, 4.69) is 31.0 Å². The quantitative estimate of drug-likeness (QED) is 0.735. The molecule has 3 heterocycles. The number of aliphatic imine (C=N–C) groups is 1. The minimum Gasteiger partial charge on any atom is -0.496 e. The van der Waals surface area contributed by atoms with Crippen LogP contribution in [0.25, 0.3) is 6.08 Å². The molecule has 0 atom stereocenters. The molecular formula is C18H12BrN5O2S. The van der Waals surface area contributed by atoms with Crippen LogP contribution >= 0.6 is 27.7 Å². The van der Waals surface area contributed by atoms with Crippen LogP contribution in [0.3, 0.4) is 0 Å². The average Bonchev–Trinajstić information content (AvgIpc) is 3.10. The highest BCUT2D eigenvalue weighted by atomic mass is 79.9. The lowest BCUT2D eigenvalue weighted by molar-refractivity contribution is -0.114. The maximum atomic E-state index is 12.5. The number of hydrazone groups is 1. The van der Waals surface area contributed by atoms with Gasteiger partial charge in [0.25, 0.3) is 5.91 Å². The summed E-state index contributed by atoms with van der Waals surface area (Å²) in [7, 11) is 1.58. The topological polar surface area (TPSA) is 91.0 Å². The number of rotatable bonds is 3. The molecule has 7 nitrogen and oxygen atoms in total. The van der Waals surface area contributed by atoms with Gasteiger partial charge in [-0.05, 0) is 63.6 Å². The van der Waals surface area contributed by atoms with Crippen molar-refractivity contribution in [2.75, 3.05) is 7.11 Å². The van der Waals surface area contributed by atoms with Gasteiger partial charge in [0.15, 0.2) is 5.84 Å². The zero-order valence-electron chi connectivity index (χ0n) is 14.0. The summed E-state index contributed by atoms with van der Waals surface area (Å²) in [5.41, 5.74) is 1.73. The number of methoxy groups -OCH3 is 1. The van der Waals surface area contributed by atoms with E-state index in [1.54, 1.807) is 43.8 Å². The first-order chi connectivity index (χ1) is 13.1. The third kappa shape index (κ3) is 3.31. The molecule has 0 radical (unpaired) electrons. The number of amidine groups is 2. The van der Waals surface area contributed by atoms with E-state index in [4.69, 9.17) is 10.1 Å². The van der Waals surface area contributed by atoms with E-state index >= 15 is 0 Å². The molecular weight excluding hydrogens is 430 g/mol. The minimum absolute atomic E-state index is 0.0108. The molecule has 0 aliphatic carbocycles. The first kappa shape index (κ1) is 17.6. The molecule has 134 valence electrons. The number of ether oxygens (including phenoxy) is 1. The summed E-state index contributed by atoms with van der Waals surface area (Å²) in [4.78, 5) is 20.6. The molecule has 0 unspecified atom stereocenters. The Bertz CT molecular complexity index is 1050. The van der Waals surface area contributed by atoms with E-state index in [1.165, 1.54) is 16.8 Å². The number of benzene rings is 1. The summed E-state index contributed by atoms with van der Waals surface area (Å²) in [6, 6.07) is 9.08. The van der Waals surface area contributed by atoms with Crippen molar-refractivity contribution in [3.8, 4) is 5.75 Å². The maximum Gasteiger partial charge on any atom is 0.283 e. The van der Waals surface area contributed by atoms with Gasteiger partial charge in [0.1, 0.15) is 10.8 Å². The van der Waals surface area contributed by atoms with E-state index in [-0.39, 0.29) is 11.4 Å². The zero-order valence-corrected chi connectivity index (χ0v) is 16.4. The number of amides is 1. The van der Waals surface area contributed by atoms with E-state index in [0.29, 0.717) is 16.0 Å². The smallest absolute Gasteiger partial charge is 0.283 e. The van der Waals surface area contributed by atoms with E-state index in [0.717, 1.165) is 15.6 Å². The van der Waals surface area contributed by atoms with Crippen LogP contribution in [0.2, 0.25) is 0 Å². The molecule has 9 heteroatoms. The number of nitrogens with one attached hydrogen (secondary N) is 1. The third-order valence-corrected chi connectivity index (χ3v) is 5.43. The molecule has 2 aromatic rings. The Balaban J connectivity index is 1.68. The van der Waals surface area contributed by atoms with Crippen molar-refractivity contribution in [3.63, 3.8) is 0 Å². The maximum absolute atomic E-state index is 12.5. The summed E-state index contributed by atoms with van der Waals surface area (Å²) in [6.45, 7) is 0. The van der Waals surface area contributed by atoms with Gasteiger partial charge in [-0.25, -0.2) is 0 Å². The average molecular weight is 442 g/mol. The predicted molar refractivity (Wildman–Crippen MR) is 109 cm³/mol. The second kappa shape index (κ2) is 7.09. The lowest BCUT2D eigenvalue weighted by Crippen LogP contribution is -2.35. The molecule has 1 amide bonds. The highest BCUT2D eigenvalue weighted by Gasteiger charge is 2.36. The van der Waals surface area contributed by atoms with Gasteiger partial charge in [-0.1, -0.05) is 6.07 Å². The van der Waals surface area contributed by atoms with Gasteiger partial charge in [-0.3, -0.25) is 15.2 Å². The highest BCUT2D eigenvalue weighted by Crippen LogP contribution is 2.31. The molecule has 1 aromatic carbocycles. The zero-order chi connectivity index (χ0) is 19.0. The second-order valence-electron chi connectivity index (χ2n) is 5.56. The molecule has 0 saturated carbocycles. The summed E-state index contributed by atoms with van der Waals surface area (Å²) >= 11 is 4.66. The molecule has 1 N–H and O–H groups in total. The molecule has 0 bridgehead atoms. The van der Waals surface area contributed by atoms with Crippen molar-refractivity contribution in [1.29, 1.82) is 5.41 Å². The van der Waals surface area contributed by atoms with Crippen LogP contribution in [0.5, 0.6) is 5.75 Å². The molecule has 0 spiro atoms. The Morgan fingerprint density at radius 3 is 2.89 bits per heavy atom. The van der Waals surface area contributed by atoms with Gasteiger partial charge in [0, 0.05) is 18.0 Å². The van der Waals surface area contributed by atoms with E-state index < -0.39 is 5.91 Å². The third-order valence-electron chi connectivity index (χ3n) is 3.85. The van der Waals surface area contributed by atoms with Gasteiger partial charge in [-0.2, -0.15) is 15.1 Å². The number of halogens is 1. The van der Waals surface area contributed by atoms with Crippen molar-refractivity contribution < 1.29 is 9.53 Å². The second-order valence-corrected chi connectivity index (χ2v) is 7.37. The van der Waals surface area contributed by atoms with Gasteiger partial charge in [0.05, 0.1) is 17.2 Å². The van der Waals surface area contributed by atoms with Gasteiger partial charge < -0.3 is 4.74 Å². The number of hydrogen-bond acceptors (Lipinski definition) is 6. The highest BCUT2D eigenvalue weighted by molar-refractivity contribution is 9.10. The number of carbonyl (C=O) groups is 1. The number of aromatic nitrogens is 1. The Kier molecular flexibility index (Phi) is 4.63. The van der Waals surface area contributed by atoms with Crippen LogP contribution in [0.15, 0.2) is 62.9 Å². The van der Waals surface area contributed by atoms with Crippen LogP contribution in [0.1, 0.15) is 11.1 Å². The van der Waals surface area contributed by atoms with Crippen molar-refractivity contribution in [1.82, 2.24) is 9.99 Å². The normalized spacial score (nSPS) is 17.7. The Morgan fingerprint density at radius 2 is 2.19 bits per heavy atom.